The molecule has 0 unspecified atom stereocenters. The number of halogens is 2. The Balaban J connectivity index is 1.87. The Morgan fingerprint density at radius 1 is 1.44 bits per heavy atom. The van der Waals surface area contributed by atoms with Crippen molar-refractivity contribution in [2.75, 3.05) is 0 Å². The maximum atomic E-state index is 12.9. The van der Waals surface area contributed by atoms with Crippen LogP contribution in [0.4, 0.5) is 4.39 Å². The second kappa shape index (κ2) is 4.28. The van der Waals surface area contributed by atoms with Crippen molar-refractivity contribution >= 4 is 11.6 Å². The van der Waals surface area contributed by atoms with Gasteiger partial charge in [-0.2, -0.15) is 0 Å². The summed E-state index contributed by atoms with van der Waals surface area (Å²) < 4.78 is 18.1. The smallest absolute Gasteiger partial charge is 0.182 e. The molecule has 0 radical (unpaired) electrons. The molecule has 3 nitrogen and oxygen atoms in total. The Kier molecular flexibility index (Phi) is 2.74. The van der Waals surface area contributed by atoms with E-state index in [1.807, 2.05) is 0 Å². The monoisotopic (exact) mass is 267 g/mol. The minimum Gasteiger partial charge on any atom is -0.503 e. The van der Waals surface area contributed by atoms with Gasteiger partial charge in [-0.25, -0.2) is 4.39 Å². The van der Waals surface area contributed by atoms with Crippen LogP contribution < -0.4 is 0 Å². The van der Waals surface area contributed by atoms with Crippen LogP contribution in [0.1, 0.15) is 35.8 Å². The molecular weight excluding hydrogens is 257 g/mol. The maximum absolute atomic E-state index is 12.9. The van der Waals surface area contributed by atoms with Crippen LogP contribution in [0.3, 0.4) is 0 Å². The van der Waals surface area contributed by atoms with Crippen LogP contribution in [0, 0.1) is 5.82 Å². The molecule has 1 aliphatic carbocycles. The highest BCUT2D eigenvalue weighted by Gasteiger charge is 2.32. The Morgan fingerprint density at radius 2 is 2.22 bits per heavy atom. The fourth-order valence-electron chi connectivity index (χ4n) is 1.91. The van der Waals surface area contributed by atoms with E-state index >= 15 is 0 Å². The lowest BCUT2D eigenvalue weighted by Gasteiger charge is -2.02. The van der Waals surface area contributed by atoms with Crippen molar-refractivity contribution < 1.29 is 14.0 Å². The molecule has 94 valence electrons. The van der Waals surface area contributed by atoms with Crippen molar-refractivity contribution in [3.8, 4) is 5.75 Å². The molecule has 0 aliphatic heterocycles. The van der Waals surface area contributed by atoms with Crippen LogP contribution in [0.15, 0.2) is 22.7 Å². The van der Waals surface area contributed by atoms with E-state index in [4.69, 9.17) is 16.1 Å². The number of benzene rings is 1. The van der Waals surface area contributed by atoms with Crippen molar-refractivity contribution in [2.45, 2.75) is 25.2 Å². The Morgan fingerprint density at radius 3 is 2.89 bits per heavy atom. The first kappa shape index (κ1) is 11.5. The van der Waals surface area contributed by atoms with Gasteiger partial charge < -0.3 is 9.63 Å². The van der Waals surface area contributed by atoms with Gasteiger partial charge in [-0.1, -0.05) is 22.8 Å². The molecule has 1 aromatic heterocycles. The maximum Gasteiger partial charge on any atom is 0.182 e. The number of hydrogen-bond acceptors (Lipinski definition) is 3. The van der Waals surface area contributed by atoms with Crippen LogP contribution in [0.2, 0.25) is 5.02 Å². The zero-order valence-electron chi connectivity index (χ0n) is 9.49. The quantitative estimate of drug-likeness (QED) is 0.923. The molecule has 5 heteroatoms. The topological polar surface area (TPSA) is 46.3 Å². The van der Waals surface area contributed by atoms with E-state index in [1.165, 1.54) is 12.1 Å². The third-order valence-corrected chi connectivity index (χ3v) is 3.43. The van der Waals surface area contributed by atoms with Gasteiger partial charge in [-0.05, 0) is 30.5 Å². The average Bonchev–Trinajstić information content (AvgIpc) is 3.10. The van der Waals surface area contributed by atoms with Crippen LogP contribution in [-0.2, 0) is 6.42 Å². The van der Waals surface area contributed by atoms with Crippen molar-refractivity contribution in [3.05, 3.63) is 46.1 Å². The van der Waals surface area contributed by atoms with Gasteiger partial charge in [-0.3, -0.25) is 0 Å². The molecule has 1 heterocycles. The highest BCUT2D eigenvalue weighted by Crippen LogP contribution is 2.45. The molecule has 0 bridgehead atoms. The molecule has 0 spiro atoms. The fourth-order valence-corrected chi connectivity index (χ4v) is 2.14. The molecule has 1 fully saturated rings. The molecule has 0 saturated heterocycles. The lowest BCUT2D eigenvalue weighted by atomic mass is 10.1. The zero-order chi connectivity index (χ0) is 12.7. The predicted octanol–water partition coefficient (Wildman–Crippen LogP) is 3.64. The van der Waals surface area contributed by atoms with Crippen molar-refractivity contribution in [2.24, 2.45) is 0 Å². The number of aromatic hydroxyl groups is 1. The number of rotatable bonds is 3. The van der Waals surface area contributed by atoms with Gasteiger partial charge in [-0.15, -0.1) is 0 Å². The zero-order valence-corrected chi connectivity index (χ0v) is 10.2. The van der Waals surface area contributed by atoms with Crippen molar-refractivity contribution in [1.82, 2.24) is 5.16 Å². The number of hydrogen-bond donors (Lipinski definition) is 1. The van der Waals surface area contributed by atoms with Crippen molar-refractivity contribution in [1.29, 1.82) is 0 Å². The minimum absolute atomic E-state index is 0.109. The van der Waals surface area contributed by atoms with E-state index in [0.717, 1.165) is 12.8 Å². The van der Waals surface area contributed by atoms with E-state index < -0.39 is 0 Å². The largest absolute Gasteiger partial charge is 0.503 e. The summed E-state index contributed by atoms with van der Waals surface area (Å²) in [5, 5.41) is 14.2. The van der Waals surface area contributed by atoms with Crippen LogP contribution in [-0.4, -0.2) is 10.3 Å². The summed E-state index contributed by atoms with van der Waals surface area (Å²) in [5.41, 5.74) is 1.16. The third kappa shape index (κ3) is 2.08. The van der Waals surface area contributed by atoms with E-state index in [-0.39, 0.29) is 11.6 Å². The Bertz CT molecular complexity index is 593. The third-order valence-electron chi connectivity index (χ3n) is 3.08. The molecule has 1 N–H and O–H groups in total. The summed E-state index contributed by atoms with van der Waals surface area (Å²) in [7, 11) is 0. The first-order valence-electron chi connectivity index (χ1n) is 5.76. The minimum atomic E-state index is -0.383. The summed E-state index contributed by atoms with van der Waals surface area (Å²) in [6, 6.07) is 4.17. The highest BCUT2D eigenvalue weighted by atomic mass is 35.5. The van der Waals surface area contributed by atoms with Gasteiger partial charge in [0, 0.05) is 17.4 Å². The first-order chi connectivity index (χ1) is 8.65. The second-order valence-electron chi connectivity index (χ2n) is 4.53. The average molecular weight is 268 g/mol. The normalized spacial score (nSPS) is 15.0. The lowest BCUT2D eigenvalue weighted by Crippen LogP contribution is -1.91. The number of aromatic nitrogens is 1. The summed E-state index contributed by atoms with van der Waals surface area (Å²) in [6.45, 7) is 0. The van der Waals surface area contributed by atoms with Crippen LogP contribution in [0.5, 0.6) is 5.75 Å². The van der Waals surface area contributed by atoms with E-state index in [0.29, 0.717) is 34.4 Å². The van der Waals surface area contributed by atoms with E-state index in [9.17, 15) is 9.50 Å². The van der Waals surface area contributed by atoms with Crippen LogP contribution in [0.25, 0.3) is 0 Å². The molecule has 1 aromatic carbocycles. The summed E-state index contributed by atoms with van der Waals surface area (Å²) in [6.07, 6.45) is 2.39. The molecule has 18 heavy (non-hydrogen) atoms. The molecule has 1 saturated carbocycles. The molecular formula is C13H11ClFNO2. The molecule has 3 rings (SSSR count). The second-order valence-corrected chi connectivity index (χ2v) is 4.94. The lowest BCUT2D eigenvalue weighted by molar-refractivity contribution is 0.368. The van der Waals surface area contributed by atoms with Gasteiger partial charge in [0.1, 0.15) is 11.5 Å². The molecule has 0 atom stereocenters. The first-order valence-corrected chi connectivity index (χ1v) is 6.14. The summed E-state index contributed by atoms with van der Waals surface area (Å²) >= 11 is 5.93. The Hall–Kier alpha value is -1.55. The fraction of sp³-hybridized carbons (Fsp3) is 0.308. The van der Waals surface area contributed by atoms with Gasteiger partial charge in [0.15, 0.2) is 11.5 Å². The van der Waals surface area contributed by atoms with Gasteiger partial charge in [0.2, 0.25) is 0 Å². The molecule has 2 aromatic rings. The van der Waals surface area contributed by atoms with Gasteiger partial charge in [0.05, 0.1) is 0 Å². The highest BCUT2D eigenvalue weighted by molar-refractivity contribution is 6.31. The summed E-state index contributed by atoms with van der Waals surface area (Å²) in [5.74, 6) is 0.586. The SMILES string of the molecule is Oc1c(Cc2ccc(F)cc2Cl)noc1C1CC1. The van der Waals surface area contributed by atoms with E-state index in [1.54, 1.807) is 6.07 Å². The number of nitrogens with zero attached hydrogens (tertiary/aromatic N) is 1. The Labute approximate surface area is 108 Å². The van der Waals surface area contributed by atoms with Gasteiger partial charge >= 0.3 is 0 Å². The summed E-state index contributed by atoms with van der Waals surface area (Å²) in [4.78, 5) is 0. The molecule has 0 amide bonds. The predicted molar refractivity (Wildman–Crippen MR) is 64.4 cm³/mol. The van der Waals surface area contributed by atoms with Gasteiger partial charge in [0.25, 0.3) is 0 Å². The van der Waals surface area contributed by atoms with Crippen molar-refractivity contribution in [3.63, 3.8) is 0 Å². The molecule has 1 aliphatic rings. The standard InChI is InChI=1S/C13H11ClFNO2/c14-10-6-9(15)4-3-8(10)5-11-12(17)13(18-16-11)7-1-2-7/h3-4,6-7,17H,1-2,5H2. The van der Waals surface area contributed by atoms with Crippen LogP contribution >= 0.6 is 11.6 Å². The van der Waals surface area contributed by atoms with E-state index in [2.05, 4.69) is 5.16 Å².